The van der Waals surface area contributed by atoms with Crippen LogP contribution in [0.2, 0.25) is 0 Å². The van der Waals surface area contributed by atoms with Crippen LogP contribution in [-0.2, 0) is 10.2 Å². The van der Waals surface area contributed by atoms with Crippen molar-refractivity contribution in [1.29, 1.82) is 0 Å². The van der Waals surface area contributed by atoms with E-state index in [-0.39, 0.29) is 13.2 Å². The molecule has 1 atom stereocenters. The summed E-state index contributed by atoms with van der Waals surface area (Å²) < 4.78 is 45.7. The van der Waals surface area contributed by atoms with Crippen LogP contribution in [0.1, 0.15) is 45.1 Å². The van der Waals surface area contributed by atoms with Gasteiger partial charge < -0.3 is 20.0 Å². The van der Waals surface area contributed by atoms with Crippen molar-refractivity contribution in [3.8, 4) is 0 Å². The Kier molecular flexibility index (Phi) is 7.52. The highest BCUT2D eigenvalue weighted by atomic mass is 19.4. The number of aromatic nitrogens is 4. The molecule has 3 rings (SSSR count). The molecule has 0 saturated carbocycles. The van der Waals surface area contributed by atoms with Crippen LogP contribution in [0, 0.1) is 0 Å². The van der Waals surface area contributed by atoms with E-state index in [9.17, 15) is 23.1 Å². The minimum absolute atomic E-state index is 0.208. The minimum atomic E-state index is -4.55. The fourth-order valence-electron chi connectivity index (χ4n) is 3.44. The number of aliphatic imine (C=N–C) groups is 1. The molecule has 2 aromatic heterocycles. The number of alkyl halides is 3. The van der Waals surface area contributed by atoms with Gasteiger partial charge in [0.25, 0.3) is 5.91 Å². The molecule has 0 aliphatic carbocycles. The number of anilines is 1. The number of nitrogens with zero attached hydrogens (tertiary/aromatic N) is 6. The lowest BCUT2D eigenvalue weighted by Gasteiger charge is -2.49. The molecule has 1 fully saturated rings. The van der Waals surface area contributed by atoms with Crippen LogP contribution >= 0.6 is 0 Å². The standard InChI is InChI=1S/C22H31BF3N7O3/c1-14(22(24,25)26)31-18(34)16-8-29-17(9-28-16)32-12-21(13-32,11-27-6)33-10-15(7-30-33)23-36-20(4,5)19(2,3)35/h7-10,14,23,35H,6,11-13H2,1-5H3,(H,31,34)/t14-/m0/s1. The lowest BCUT2D eigenvalue weighted by molar-refractivity contribution is -0.149. The highest BCUT2D eigenvalue weighted by molar-refractivity contribution is 6.46. The van der Waals surface area contributed by atoms with Crippen LogP contribution in [0.15, 0.2) is 29.8 Å². The Hall–Kier alpha value is -3.00. The Bertz CT molecular complexity index is 1080. The molecule has 1 aliphatic rings. The van der Waals surface area contributed by atoms with Crippen molar-refractivity contribution in [3.05, 3.63) is 30.5 Å². The summed E-state index contributed by atoms with van der Waals surface area (Å²) in [7, 11) is 0.264. The van der Waals surface area contributed by atoms with Crippen molar-refractivity contribution in [3.63, 3.8) is 0 Å². The van der Waals surface area contributed by atoms with Crippen LogP contribution in [0.3, 0.4) is 0 Å². The predicted molar refractivity (Wildman–Crippen MR) is 130 cm³/mol. The quantitative estimate of drug-likeness (QED) is 0.360. The topological polar surface area (TPSA) is 118 Å². The lowest BCUT2D eigenvalue weighted by Crippen LogP contribution is -2.65. The largest absolute Gasteiger partial charge is 0.427 e. The molecule has 0 radical (unpaired) electrons. The lowest BCUT2D eigenvalue weighted by atomic mass is 9.84. The second-order valence-corrected chi connectivity index (χ2v) is 10.1. The maximum atomic E-state index is 12.7. The van der Waals surface area contributed by atoms with Crippen molar-refractivity contribution in [2.75, 3.05) is 24.5 Å². The average Bonchev–Trinajstić information content (AvgIpc) is 3.22. The van der Waals surface area contributed by atoms with Crippen molar-refractivity contribution in [2.45, 2.75) is 63.6 Å². The highest BCUT2D eigenvalue weighted by Gasteiger charge is 2.46. The number of nitrogens with one attached hydrogen (secondary N) is 1. The van der Waals surface area contributed by atoms with Crippen molar-refractivity contribution in [2.24, 2.45) is 4.99 Å². The van der Waals surface area contributed by atoms with Gasteiger partial charge in [0.2, 0.25) is 0 Å². The maximum Gasteiger partial charge on any atom is 0.408 e. The number of hydrogen-bond acceptors (Lipinski definition) is 8. The Balaban J connectivity index is 1.65. The van der Waals surface area contributed by atoms with Crippen LogP contribution in [0.5, 0.6) is 0 Å². The van der Waals surface area contributed by atoms with Crippen LogP contribution in [0.4, 0.5) is 19.0 Å². The third kappa shape index (κ3) is 5.86. The summed E-state index contributed by atoms with van der Waals surface area (Å²) in [5.41, 5.74) is -1.65. The number of carbonyl (C=O) groups excluding carboxylic acids is 1. The first kappa shape index (κ1) is 27.6. The summed E-state index contributed by atoms with van der Waals surface area (Å²) in [5.74, 6) is -0.482. The third-order valence-electron chi connectivity index (χ3n) is 6.61. The molecule has 0 unspecified atom stereocenters. The molecule has 0 spiro atoms. The predicted octanol–water partition coefficient (Wildman–Crippen LogP) is 0.813. The molecule has 1 aliphatic heterocycles. The van der Waals surface area contributed by atoms with Gasteiger partial charge in [-0.25, -0.2) is 9.97 Å². The number of carbonyl (C=O) groups is 1. The first-order valence-corrected chi connectivity index (χ1v) is 11.4. The van der Waals surface area contributed by atoms with E-state index in [2.05, 4.69) is 26.8 Å². The van der Waals surface area contributed by atoms with E-state index < -0.39 is 34.9 Å². The number of aliphatic hydroxyl groups is 1. The Morgan fingerprint density at radius 3 is 2.47 bits per heavy atom. The molecule has 0 aromatic carbocycles. The molecule has 14 heteroatoms. The number of halogens is 3. The third-order valence-corrected chi connectivity index (χ3v) is 6.61. The van der Waals surface area contributed by atoms with Crippen LogP contribution in [-0.4, -0.2) is 88.0 Å². The van der Waals surface area contributed by atoms with Gasteiger partial charge in [-0.15, -0.1) is 0 Å². The molecule has 1 saturated heterocycles. The maximum absolute atomic E-state index is 12.7. The van der Waals surface area contributed by atoms with E-state index in [0.717, 1.165) is 18.6 Å². The molecule has 10 nitrogen and oxygen atoms in total. The summed E-state index contributed by atoms with van der Waals surface area (Å²) in [6.45, 7) is 12.8. The minimum Gasteiger partial charge on any atom is -0.427 e. The molecular formula is C22H31BF3N7O3. The molecule has 3 heterocycles. The van der Waals surface area contributed by atoms with Crippen LogP contribution < -0.4 is 15.7 Å². The fraction of sp³-hybridized carbons (Fsp3) is 0.591. The van der Waals surface area contributed by atoms with Gasteiger partial charge >= 0.3 is 13.7 Å². The van der Waals surface area contributed by atoms with Gasteiger partial charge in [0, 0.05) is 25.5 Å². The van der Waals surface area contributed by atoms with Gasteiger partial charge in [-0.3, -0.25) is 14.5 Å². The van der Waals surface area contributed by atoms with Gasteiger partial charge in [-0.1, -0.05) is 0 Å². The second kappa shape index (κ2) is 9.81. The van der Waals surface area contributed by atoms with Gasteiger partial charge in [-0.05, 0) is 46.8 Å². The zero-order valence-corrected chi connectivity index (χ0v) is 21.0. The van der Waals surface area contributed by atoms with E-state index >= 15 is 0 Å². The molecule has 36 heavy (non-hydrogen) atoms. The summed E-state index contributed by atoms with van der Waals surface area (Å²) >= 11 is 0. The normalized spacial score (nSPS) is 16.8. The van der Waals surface area contributed by atoms with Gasteiger partial charge in [-0.2, -0.15) is 18.3 Å². The van der Waals surface area contributed by atoms with Crippen molar-refractivity contribution >= 4 is 31.4 Å². The fourth-order valence-corrected chi connectivity index (χ4v) is 3.44. The SMILES string of the molecule is C=NCC1(n2cc(BOC(C)(C)C(C)(C)O)cn2)CN(c2cnc(C(=O)N[C@@H](C)C(F)(F)F)cn2)C1. The van der Waals surface area contributed by atoms with Gasteiger partial charge in [0.05, 0.1) is 30.1 Å². The summed E-state index contributed by atoms with van der Waals surface area (Å²) in [6.07, 6.45) is 1.51. The number of amides is 1. The van der Waals surface area contributed by atoms with Crippen LogP contribution in [0.25, 0.3) is 0 Å². The highest BCUT2D eigenvalue weighted by Crippen LogP contribution is 2.32. The Labute approximate surface area is 208 Å². The monoisotopic (exact) mass is 509 g/mol. The van der Waals surface area contributed by atoms with Gasteiger partial charge in [0.15, 0.2) is 0 Å². The van der Waals surface area contributed by atoms with Crippen molar-refractivity contribution in [1.82, 2.24) is 25.1 Å². The first-order chi connectivity index (χ1) is 16.6. The molecular weight excluding hydrogens is 478 g/mol. The average molecular weight is 509 g/mol. The molecule has 2 aromatic rings. The smallest absolute Gasteiger partial charge is 0.408 e. The first-order valence-electron chi connectivity index (χ1n) is 11.4. The molecule has 1 amide bonds. The number of hydrogen-bond donors (Lipinski definition) is 2. The Morgan fingerprint density at radius 1 is 1.28 bits per heavy atom. The van der Waals surface area contributed by atoms with E-state index in [1.54, 1.807) is 20.0 Å². The van der Waals surface area contributed by atoms with E-state index in [4.69, 9.17) is 4.65 Å². The van der Waals surface area contributed by atoms with E-state index in [1.807, 2.05) is 34.9 Å². The summed E-state index contributed by atoms with van der Waals surface area (Å²) in [4.78, 5) is 26.2. The summed E-state index contributed by atoms with van der Waals surface area (Å²) in [6, 6.07) is -2.00. The zero-order chi connectivity index (χ0) is 26.9. The Morgan fingerprint density at radius 2 is 1.94 bits per heavy atom. The van der Waals surface area contributed by atoms with Gasteiger partial charge in [0.1, 0.15) is 23.1 Å². The molecule has 196 valence electrons. The molecule has 0 bridgehead atoms. The molecule has 2 N–H and O–H groups in total. The van der Waals surface area contributed by atoms with E-state index in [0.29, 0.717) is 25.5 Å². The van der Waals surface area contributed by atoms with Crippen molar-refractivity contribution < 1.29 is 27.7 Å². The van der Waals surface area contributed by atoms with E-state index in [1.165, 1.54) is 6.20 Å². The zero-order valence-electron chi connectivity index (χ0n) is 21.0. The number of rotatable bonds is 10. The summed E-state index contributed by atoms with van der Waals surface area (Å²) in [5, 5.41) is 16.6. The second-order valence-electron chi connectivity index (χ2n) is 10.1.